The van der Waals surface area contributed by atoms with Crippen molar-refractivity contribution in [2.75, 3.05) is 0 Å². The zero-order valence-electron chi connectivity index (χ0n) is 8.77. The number of rotatable bonds is 2. The SMILES string of the molecule is Cc1ccc(-c2csc(C(C)O)n2)cc1. The van der Waals surface area contributed by atoms with E-state index in [0.29, 0.717) is 0 Å². The third-order valence-corrected chi connectivity index (χ3v) is 3.24. The molecule has 0 fully saturated rings. The highest BCUT2D eigenvalue weighted by molar-refractivity contribution is 7.10. The van der Waals surface area contributed by atoms with Gasteiger partial charge in [-0.1, -0.05) is 29.8 Å². The van der Waals surface area contributed by atoms with E-state index in [1.165, 1.54) is 16.9 Å². The largest absolute Gasteiger partial charge is 0.386 e. The van der Waals surface area contributed by atoms with Crippen molar-refractivity contribution in [2.45, 2.75) is 20.0 Å². The third-order valence-electron chi connectivity index (χ3n) is 2.23. The Hall–Kier alpha value is -1.19. The molecule has 3 heteroatoms. The molecule has 1 atom stereocenters. The number of aryl methyl sites for hydroxylation is 1. The van der Waals surface area contributed by atoms with Gasteiger partial charge in [-0.3, -0.25) is 0 Å². The Balaban J connectivity index is 2.33. The molecule has 0 spiro atoms. The Bertz CT molecular complexity index is 445. The van der Waals surface area contributed by atoms with E-state index in [0.717, 1.165) is 16.3 Å². The van der Waals surface area contributed by atoms with Gasteiger partial charge in [0.2, 0.25) is 0 Å². The lowest BCUT2D eigenvalue weighted by Crippen LogP contribution is -1.89. The molecule has 1 unspecified atom stereocenters. The molecule has 0 saturated heterocycles. The van der Waals surface area contributed by atoms with Gasteiger partial charge in [0.1, 0.15) is 11.1 Å². The molecule has 1 N–H and O–H groups in total. The number of nitrogens with zero attached hydrogens (tertiary/aromatic N) is 1. The average molecular weight is 219 g/mol. The molecule has 1 aromatic carbocycles. The van der Waals surface area contributed by atoms with Crippen LogP contribution in [-0.2, 0) is 0 Å². The lowest BCUT2D eigenvalue weighted by molar-refractivity contribution is 0.199. The molecule has 2 rings (SSSR count). The lowest BCUT2D eigenvalue weighted by atomic mass is 10.1. The minimum Gasteiger partial charge on any atom is -0.386 e. The summed E-state index contributed by atoms with van der Waals surface area (Å²) in [4.78, 5) is 4.38. The zero-order valence-corrected chi connectivity index (χ0v) is 9.58. The van der Waals surface area contributed by atoms with Crippen LogP contribution in [0.3, 0.4) is 0 Å². The Morgan fingerprint density at radius 2 is 1.93 bits per heavy atom. The van der Waals surface area contributed by atoms with Crippen molar-refractivity contribution in [3.05, 3.63) is 40.2 Å². The molecule has 2 aromatic rings. The minimum atomic E-state index is -0.478. The summed E-state index contributed by atoms with van der Waals surface area (Å²) in [5.41, 5.74) is 3.28. The van der Waals surface area contributed by atoms with Crippen molar-refractivity contribution in [1.82, 2.24) is 4.98 Å². The number of thiazole rings is 1. The van der Waals surface area contributed by atoms with Gasteiger partial charge in [-0.2, -0.15) is 0 Å². The van der Waals surface area contributed by atoms with Gasteiger partial charge in [0.05, 0.1) is 5.69 Å². The highest BCUT2D eigenvalue weighted by Crippen LogP contribution is 2.25. The molecule has 0 aliphatic carbocycles. The van der Waals surface area contributed by atoms with Gasteiger partial charge in [0, 0.05) is 10.9 Å². The highest BCUT2D eigenvalue weighted by atomic mass is 32.1. The first-order valence-electron chi connectivity index (χ1n) is 4.87. The molecule has 0 aliphatic heterocycles. The molecule has 0 saturated carbocycles. The van der Waals surface area contributed by atoms with Crippen LogP contribution >= 0.6 is 11.3 Å². The summed E-state index contributed by atoms with van der Waals surface area (Å²) in [7, 11) is 0. The molecule has 15 heavy (non-hydrogen) atoms. The third kappa shape index (κ3) is 2.25. The Morgan fingerprint density at radius 1 is 1.27 bits per heavy atom. The van der Waals surface area contributed by atoms with E-state index in [-0.39, 0.29) is 0 Å². The quantitative estimate of drug-likeness (QED) is 0.841. The second-order valence-electron chi connectivity index (χ2n) is 3.61. The molecule has 1 aromatic heterocycles. The number of benzene rings is 1. The molecular formula is C12H13NOS. The normalized spacial score (nSPS) is 12.7. The van der Waals surface area contributed by atoms with Gasteiger partial charge in [0.25, 0.3) is 0 Å². The summed E-state index contributed by atoms with van der Waals surface area (Å²) >= 11 is 1.50. The van der Waals surface area contributed by atoms with Crippen LogP contribution in [0.2, 0.25) is 0 Å². The molecular weight excluding hydrogens is 206 g/mol. The number of hydrogen-bond acceptors (Lipinski definition) is 3. The maximum atomic E-state index is 9.38. The fraction of sp³-hybridized carbons (Fsp3) is 0.250. The maximum absolute atomic E-state index is 9.38. The molecule has 0 amide bonds. The fourth-order valence-corrected chi connectivity index (χ4v) is 2.11. The summed E-state index contributed by atoms with van der Waals surface area (Å²) in [5, 5.41) is 12.1. The predicted octanol–water partition coefficient (Wildman–Crippen LogP) is 3.17. The number of aliphatic hydroxyl groups is 1. The summed E-state index contributed by atoms with van der Waals surface area (Å²) < 4.78 is 0. The maximum Gasteiger partial charge on any atom is 0.122 e. The fourth-order valence-electron chi connectivity index (χ4n) is 1.34. The molecule has 78 valence electrons. The van der Waals surface area contributed by atoms with Crippen molar-refractivity contribution in [1.29, 1.82) is 0 Å². The van der Waals surface area contributed by atoms with Crippen LogP contribution in [0.1, 0.15) is 23.6 Å². The van der Waals surface area contributed by atoms with E-state index >= 15 is 0 Å². The zero-order chi connectivity index (χ0) is 10.8. The van der Waals surface area contributed by atoms with E-state index in [9.17, 15) is 5.11 Å². The Kier molecular flexibility index (Phi) is 2.84. The molecule has 2 nitrogen and oxygen atoms in total. The number of hydrogen-bond donors (Lipinski definition) is 1. The van der Waals surface area contributed by atoms with E-state index in [4.69, 9.17) is 0 Å². The van der Waals surface area contributed by atoms with Crippen LogP contribution in [0.5, 0.6) is 0 Å². The molecule has 0 aliphatic rings. The minimum absolute atomic E-state index is 0.478. The monoisotopic (exact) mass is 219 g/mol. The van der Waals surface area contributed by atoms with Gasteiger partial charge >= 0.3 is 0 Å². The van der Waals surface area contributed by atoms with Crippen LogP contribution in [0.4, 0.5) is 0 Å². The first kappa shape index (κ1) is 10.3. The lowest BCUT2D eigenvalue weighted by Gasteiger charge is -1.98. The molecule has 0 bridgehead atoms. The van der Waals surface area contributed by atoms with Crippen molar-refractivity contribution < 1.29 is 5.11 Å². The topological polar surface area (TPSA) is 33.1 Å². The van der Waals surface area contributed by atoms with Crippen molar-refractivity contribution in [3.8, 4) is 11.3 Å². The van der Waals surface area contributed by atoms with Crippen molar-refractivity contribution >= 4 is 11.3 Å². The first-order chi connectivity index (χ1) is 7.16. The smallest absolute Gasteiger partial charge is 0.122 e. The van der Waals surface area contributed by atoms with E-state index in [2.05, 4.69) is 36.2 Å². The van der Waals surface area contributed by atoms with Crippen molar-refractivity contribution in [2.24, 2.45) is 0 Å². The average Bonchev–Trinajstić information content (AvgIpc) is 2.68. The first-order valence-corrected chi connectivity index (χ1v) is 5.75. The van der Waals surface area contributed by atoms with Crippen LogP contribution in [0, 0.1) is 6.92 Å². The van der Waals surface area contributed by atoms with Crippen LogP contribution in [0.25, 0.3) is 11.3 Å². The van der Waals surface area contributed by atoms with Gasteiger partial charge in [-0.05, 0) is 13.8 Å². The second kappa shape index (κ2) is 4.13. The Labute approximate surface area is 93.2 Å². The van der Waals surface area contributed by atoms with Gasteiger partial charge in [0.15, 0.2) is 0 Å². The van der Waals surface area contributed by atoms with Crippen LogP contribution in [-0.4, -0.2) is 10.1 Å². The van der Waals surface area contributed by atoms with Crippen LogP contribution < -0.4 is 0 Å². The second-order valence-corrected chi connectivity index (χ2v) is 4.50. The molecule has 0 radical (unpaired) electrons. The van der Waals surface area contributed by atoms with Crippen LogP contribution in [0.15, 0.2) is 29.6 Å². The van der Waals surface area contributed by atoms with Gasteiger partial charge in [-0.15, -0.1) is 11.3 Å². The van der Waals surface area contributed by atoms with E-state index < -0.39 is 6.10 Å². The number of aliphatic hydroxyl groups excluding tert-OH is 1. The standard InChI is InChI=1S/C12H13NOS/c1-8-3-5-10(6-4-8)11-7-15-12(13-11)9(2)14/h3-7,9,14H,1-2H3. The van der Waals surface area contributed by atoms with Crippen molar-refractivity contribution in [3.63, 3.8) is 0 Å². The van der Waals surface area contributed by atoms with Gasteiger partial charge in [-0.25, -0.2) is 4.98 Å². The Morgan fingerprint density at radius 3 is 2.47 bits per heavy atom. The number of aromatic nitrogens is 1. The summed E-state index contributed by atoms with van der Waals surface area (Å²) in [6, 6.07) is 8.24. The highest BCUT2D eigenvalue weighted by Gasteiger charge is 2.07. The summed E-state index contributed by atoms with van der Waals surface area (Å²) in [6.45, 7) is 3.80. The van der Waals surface area contributed by atoms with Gasteiger partial charge < -0.3 is 5.11 Å². The predicted molar refractivity (Wildman–Crippen MR) is 62.9 cm³/mol. The summed E-state index contributed by atoms with van der Waals surface area (Å²) in [6.07, 6.45) is -0.478. The molecule has 1 heterocycles. The van der Waals surface area contributed by atoms with E-state index in [1.54, 1.807) is 6.92 Å². The van der Waals surface area contributed by atoms with E-state index in [1.807, 2.05) is 5.38 Å². The summed E-state index contributed by atoms with van der Waals surface area (Å²) in [5.74, 6) is 0.